The predicted molar refractivity (Wildman–Crippen MR) is 268 cm³/mol. The van der Waals surface area contributed by atoms with Crippen molar-refractivity contribution >= 4 is 45.4 Å². The summed E-state index contributed by atoms with van der Waals surface area (Å²) in [6.45, 7) is 18.2. The van der Waals surface area contributed by atoms with E-state index in [-0.39, 0.29) is 40.4 Å². The van der Waals surface area contributed by atoms with Gasteiger partial charge in [0.2, 0.25) is 0 Å². The van der Waals surface area contributed by atoms with Crippen molar-refractivity contribution in [2.24, 2.45) is 11.8 Å². The minimum absolute atomic E-state index is 0.0291. The maximum absolute atomic E-state index is 14.0. The van der Waals surface area contributed by atoms with Gasteiger partial charge in [0, 0.05) is 19.4 Å². The summed E-state index contributed by atoms with van der Waals surface area (Å²) in [5.41, 5.74) is 0.575. The molecule has 3 heterocycles. The fraction of sp³-hybridized carbons (Fsp3) is 0.635. The van der Waals surface area contributed by atoms with Crippen molar-refractivity contribution in [3.63, 3.8) is 0 Å². The van der Waals surface area contributed by atoms with E-state index in [0.717, 1.165) is 0 Å². The topological polar surface area (TPSA) is 267 Å². The number of allylic oxidation sites excluding steroid dienone is 4. The molecule has 0 saturated carbocycles. The molecule has 18 nitrogen and oxygen atoms in total. The van der Waals surface area contributed by atoms with Crippen molar-refractivity contribution in [1.82, 2.24) is 0 Å². The number of cyclic esters (lactones) is 1. The number of ether oxygens (including phenoxy) is 8. The molecule has 4 rings (SSSR count). The van der Waals surface area contributed by atoms with Crippen LogP contribution in [0.2, 0.25) is 5.02 Å². The highest BCUT2D eigenvalue weighted by molar-refractivity contribution is 9.10. The van der Waals surface area contributed by atoms with E-state index < -0.39 is 138 Å². The second-order valence-electron chi connectivity index (χ2n) is 19.4. The lowest BCUT2D eigenvalue weighted by Gasteiger charge is -2.47. The molecule has 3 aliphatic rings. The fourth-order valence-electron chi connectivity index (χ4n) is 8.60. The standard InChI is InChI=1S/C52H74BrClO18/c1-13-30-22-26(6)33(56)18-16-15-17-31(23-66-51-45(65-12)42(61)44(29(9)67-51)69-49(64)35-32(14-2)36(53)39(58)37(54)38(35)57)48(63)68-34(28(8)55)20-19-25(5)21-27(7)43(30)70-50-41(60)40(59)46(52(10,11)72-50)71-47(62)24(3)4/h15-17,19,21-22,24,28-30,33-34,40-46,50-51,55-61H,13-14,18,20,23H2,1-12H3/b16-15+,25-19+,26-22+,27-21+,31-17+/t28?,29-,30?,33?,34?,40+,41-,42+,43?,44-,45+,46-,50?,51?/m0/s1. The summed E-state index contributed by atoms with van der Waals surface area (Å²) in [7, 11) is 1.27. The number of phenols is 2. The van der Waals surface area contributed by atoms with Gasteiger partial charge < -0.3 is 73.6 Å². The van der Waals surface area contributed by atoms with Gasteiger partial charge in [0.25, 0.3) is 0 Å². The normalized spacial score (nSPS) is 34.8. The molecule has 14 atom stereocenters. The second-order valence-corrected chi connectivity index (χ2v) is 20.5. The molecule has 0 radical (unpaired) electrons. The van der Waals surface area contributed by atoms with E-state index in [1.54, 1.807) is 53.7 Å². The number of hydrogen-bond acceptors (Lipinski definition) is 18. The zero-order chi connectivity index (χ0) is 54.1. The first-order valence-corrected chi connectivity index (χ1v) is 25.3. The van der Waals surface area contributed by atoms with Crippen molar-refractivity contribution in [1.29, 1.82) is 0 Å². The van der Waals surface area contributed by atoms with Gasteiger partial charge in [0.1, 0.15) is 46.7 Å². The van der Waals surface area contributed by atoms with Gasteiger partial charge >= 0.3 is 17.9 Å². The SMILES string of the molecule is CCc1c(Br)c(O)c(Cl)c(O)c1C(=O)O[C@@H]1[C@@H](O)[C@@H](OC)C(OC/C2=C\C=C\CC(O)/C(C)=C/C(CC)C(OC3OC(C)(C)[C@@H](OC(=O)C(C)C)[C@H](O)[C@@H]3O)/C(C)=C/C(C)=C/CC(C(C)O)OC2=O)O[C@H]1C. The van der Waals surface area contributed by atoms with E-state index in [2.05, 4.69) is 15.9 Å². The van der Waals surface area contributed by atoms with Gasteiger partial charge in [-0.25, -0.2) is 9.59 Å². The zero-order valence-corrected chi connectivity index (χ0v) is 45.4. The molecule has 1 aromatic carbocycles. The summed E-state index contributed by atoms with van der Waals surface area (Å²) in [4.78, 5) is 40.0. The monoisotopic (exact) mass is 1100 g/mol. The summed E-state index contributed by atoms with van der Waals surface area (Å²) < 4.78 is 47.7. The molecule has 2 saturated heterocycles. The number of methoxy groups -OCH3 is 1. The highest BCUT2D eigenvalue weighted by atomic mass is 79.9. The third-order valence-corrected chi connectivity index (χ3v) is 14.2. The maximum atomic E-state index is 14.0. The number of esters is 3. The Hall–Kier alpha value is -3.70. The third kappa shape index (κ3) is 14.8. The number of benzene rings is 1. The Bertz CT molecular complexity index is 2220. The first kappa shape index (κ1) is 60.9. The molecule has 1 aromatic rings. The van der Waals surface area contributed by atoms with Gasteiger partial charge in [-0.1, -0.05) is 75.2 Å². The molecule has 404 valence electrons. The average molecular weight is 1100 g/mol. The van der Waals surface area contributed by atoms with E-state index in [9.17, 15) is 50.1 Å². The van der Waals surface area contributed by atoms with Crippen molar-refractivity contribution < 1.29 is 88.0 Å². The molecule has 0 bridgehead atoms. The van der Waals surface area contributed by atoms with E-state index in [4.69, 9.17) is 49.5 Å². The quantitative estimate of drug-likeness (QED) is 0.0645. The van der Waals surface area contributed by atoms with Gasteiger partial charge in [-0.05, 0) is 106 Å². The van der Waals surface area contributed by atoms with Crippen LogP contribution in [0.3, 0.4) is 0 Å². The minimum atomic E-state index is -1.60. The lowest BCUT2D eigenvalue weighted by Crippen LogP contribution is -2.64. The average Bonchev–Trinajstić information content (AvgIpc) is 3.32. The van der Waals surface area contributed by atoms with Crippen molar-refractivity contribution in [2.45, 2.75) is 187 Å². The third-order valence-electron chi connectivity index (χ3n) is 13.0. The number of carbonyl (C=O) groups excluding carboxylic acids is 3. The Morgan fingerprint density at radius 3 is 2.21 bits per heavy atom. The van der Waals surface area contributed by atoms with Crippen LogP contribution in [-0.4, -0.2) is 153 Å². The number of rotatable bonds is 13. The first-order chi connectivity index (χ1) is 33.7. The molecule has 0 aromatic heterocycles. The van der Waals surface area contributed by atoms with Crippen LogP contribution in [0.1, 0.15) is 111 Å². The van der Waals surface area contributed by atoms with Gasteiger partial charge in [-0.3, -0.25) is 4.79 Å². The number of aliphatic hydroxyl groups is 5. The Balaban J connectivity index is 1.61. The molecule has 7 N–H and O–H groups in total. The van der Waals surface area contributed by atoms with Crippen LogP contribution in [0.4, 0.5) is 0 Å². The molecule has 0 aliphatic carbocycles. The molecule has 0 amide bonds. The van der Waals surface area contributed by atoms with Crippen LogP contribution in [0.5, 0.6) is 11.5 Å². The number of halogens is 2. The molecular formula is C52H74BrClO18. The molecule has 72 heavy (non-hydrogen) atoms. The van der Waals surface area contributed by atoms with E-state index in [1.807, 2.05) is 32.9 Å². The van der Waals surface area contributed by atoms with Crippen LogP contribution in [-0.2, 0) is 53.9 Å². The Kier molecular flexibility index (Phi) is 22.5. The molecular weight excluding hydrogens is 1030 g/mol. The van der Waals surface area contributed by atoms with E-state index >= 15 is 0 Å². The maximum Gasteiger partial charge on any atom is 0.342 e. The molecule has 7 unspecified atom stereocenters. The summed E-state index contributed by atoms with van der Waals surface area (Å²) in [5, 5.41) is 76.9. The molecule has 0 spiro atoms. The van der Waals surface area contributed by atoms with Gasteiger partial charge in [0.05, 0.1) is 47.0 Å². The fourth-order valence-corrected chi connectivity index (χ4v) is 9.58. The van der Waals surface area contributed by atoms with Crippen molar-refractivity contribution in [3.8, 4) is 11.5 Å². The minimum Gasteiger partial charge on any atom is -0.505 e. The number of phenolic OH excluding ortho intramolecular Hbond substituents is 2. The number of hydrogen-bond donors (Lipinski definition) is 7. The lowest BCUT2D eigenvalue weighted by molar-refractivity contribution is -0.333. The Morgan fingerprint density at radius 1 is 0.944 bits per heavy atom. The van der Waals surface area contributed by atoms with Gasteiger partial charge in [0.15, 0.2) is 36.3 Å². The summed E-state index contributed by atoms with van der Waals surface area (Å²) >= 11 is 9.30. The number of aromatic hydroxyl groups is 2. The number of aliphatic hydroxyl groups excluding tert-OH is 5. The smallest absolute Gasteiger partial charge is 0.342 e. The van der Waals surface area contributed by atoms with Crippen LogP contribution in [0.25, 0.3) is 0 Å². The Labute approximate surface area is 435 Å². The molecule has 3 aliphatic heterocycles. The highest BCUT2D eigenvalue weighted by Gasteiger charge is 2.53. The highest BCUT2D eigenvalue weighted by Crippen LogP contribution is 2.45. The van der Waals surface area contributed by atoms with Crippen LogP contribution < -0.4 is 0 Å². The zero-order valence-electron chi connectivity index (χ0n) is 43.0. The van der Waals surface area contributed by atoms with Crippen LogP contribution >= 0.6 is 27.5 Å². The molecule has 20 heteroatoms. The van der Waals surface area contributed by atoms with Gasteiger partial charge in [-0.2, -0.15) is 0 Å². The van der Waals surface area contributed by atoms with E-state index in [1.165, 1.54) is 33.1 Å². The number of carbonyl (C=O) groups is 3. The second kappa shape index (κ2) is 26.7. The molecule has 2 fully saturated rings. The largest absolute Gasteiger partial charge is 0.505 e. The summed E-state index contributed by atoms with van der Waals surface area (Å²) in [6.07, 6.45) is -5.20. The van der Waals surface area contributed by atoms with Gasteiger partial charge in [-0.15, -0.1) is 0 Å². The van der Waals surface area contributed by atoms with Crippen molar-refractivity contribution in [3.05, 3.63) is 79.4 Å². The predicted octanol–water partition coefficient (Wildman–Crippen LogP) is 6.34. The van der Waals surface area contributed by atoms with Crippen molar-refractivity contribution in [2.75, 3.05) is 13.7 Å². The first-order valence-electron chi connectivity index (χ1n) is 24.2. The van der Waals surface area contributed by atoms with E-state index in [0.29, 0.717) is 23.1 Å². The Morgan fingerprint density at radius 2 is 1.61 bits per heavy atom. The van der Waals surface area contributed by atoms with Crippen LogP contribution in [0.15, 0.2) is 63.2 Å². The summed E-state index contributed by atoms with van der Waals surface area (Å²) in [5.74, 6) is -4.51. The summed E-state index contributed by atoms with van der Waals surface area (Å²) in [6, 6.07) is 0. The van der Waals surface area contributed by atoms with Crippen LogP contribution in [0, 0.1) is 11.8 Å². The lowest BCUT2D eigenvalue weighted by atomic mass is 9.88.